The lowest BCUT2D eigenvalue weighted by Gasteiger charge is -2.49. The second-order valence-corrected chi connectivity index (χ2v) is 16.3. The molecule has 2 atom stereocenters. The maximum absolute atomic E-state index is 2.41. The van der Waals surface area contributed by atoms with E-state index in [0.717, 1.165) is 17.1 Å². The topological polar surface area (TPSA) is 3.24 Å². The monoisotopic (exact) mass is 775 g/mol. The van der Waals surface area contributed by atoms with Crippen LogP contribution in [0.25, 0.3) is 33.0 Å². The van der Waals surface area contributed by atoms with Crippen LogP contribution < -0.4 is 4.90 Å². The van der Waals surface area contributed by atoms with Gasteiger partial charge in [0.25, 0.3) is 0 Å². The van der Waals surface area contributed by atoms with Crippen molar-refractivity contribution in [3.8, 4) is 22.3 Å². The lowest BCUT2D eigenvalue weighted by Crippen LogP contribution is -2.44. The van der Waals surface area contributed by atoms with Crippen molar-refractivity contribution in [1.82, 2.24) is 0 Å². The molecule has 0 bridgehead atoms. The molecule has 2 aliphatic rings. The predicted molar refractivity (Wildman–Crippen MR) is 253 cm³/mol. The van der Waals surface area contributed by atoms with Crippen molar-refractivity contribution in [2.24, 2.45) is 0 Å². The van der Waals surface area contributed by atoms with Gasteiger partial charge < -0.3 is 4.90 Å². The first-order chi connectivity index (χ1) is 30.3. The molecule has 1 heteroatoms. The van der Waals surface area contributed by atoms with E-state index in [4.69, 9.17) is 0 Å². The van der Waals surface area contributed by atoms with Crippen LogP contribution in [-0.2, 0) is 10.8 Å². The molecule has 0 amide bonds. The van der Waals surface area contributed by atoms with Gasteiger partial charge in [-0.2, -0.15) is 0 Å². The molecule has 0 saturated carbocycles. The molecule has 0 saturated heterocycles. The number of para-hydroxylation sites is 1. The summed E-state index contributed by atoms with van der Waals surface area (Å²) >= 11 is 0. The predicted octanol–water partition coefficient (Wildman–Crippen LogP) is 15.0. The van der Waals surface area contributed by atoms with E-state index in [1.54, 1.807) is 0 Å². The fourth-order valence-corrected chi connectivity index (χ4v) is 11.0. The molecule has 0 aromatic heterocycles. The van der Waals surface area contributed by atoms with Gasteiger partial charge in [0.15, 0.2) is 0 Å². The minimum absolute atomic E-state index is 0.471. The van der Waals surface area contributed by atoms with Crippen LogP contribution in [0.4, 0.5) is 17.1 Å². The van der Waals surface area contributed by atoms with E-state index in [-0.39, 0.29) is 0 Å². The van der Waals surface area contributed by atoms with Gasteiger partial charge in [0.05, 0.1) is 10.8 Å². The second-order valence-electron chi connectivity index (χ2n) is 16.3. The molecular weight excluding hydrogens is 735 g/mol. The van der Waals surface area contributed by atoms with E-state index >= 15 is 0 Å². The van der Waals surface area contributed by atoms with Crippen LogP contribution in [0.2, 0.25) is 0 Å². The Kier molecular flexibility index (Phi) is 8.05. The highest BCUT2D eigenvalue weighted by molar-refractivity contribution is 5.97. The number of fused-ring (bicyclic) bond motifs is 6. The van der Waals surface area contributed by atoms with Gasteiger partial charge in [-0.1, -0.05) is 212 Å². The van der Waals surface area contributed by atoms with Crippen molar-refractivity contribution < 1.29 is 0 Å². The van der Waals surface area contributed by atoms with Crippen LogP contribution in [0.1, 0.15) is 44.5 Å². The summed E-state index contributed by atoms with van der Waals surface area (Å²) in [6.45, 7) is 0. The summed E-state index contributed by atoms with van der Waals surface area (Å²) in [6.07, 6.45) is 0. The zero-order valence-corrected chi connectivity index (χ0v) is 33.6. The molecule has 0 spiro atoms. The number of hydrogen-bond donors (Lipinski definition) is 0. The van der Waals surface area contributed by atoms with Crippen LogP contribution in [0, 0.1) is 0 Å². The summed E-state index contributed by atoms with van der Waals surface area (Å²) in [5.74, 6) is 0. The summed E-state index contributed by atoms with van der Waals surface area (Å²) in [5.41, 5.74) is 17.8. The highest BCUT2D eigenvalue weighted by Gasteiger charge is 2.57. The quantitative estimate of drug-likeness (QED) is 0.156. The summed E-state index contributed by atoms with van der Waals surface area (Å²) < 4.78 is 0. The molecule has 10 aromatic carbocycles. The average Bonchev–Trinajstić information content (AvgIpc) is 3.65. The largest absolute Gasteiger partial charge is 0.311 e. The van der Waals surface area contributed by atoms with Gasteiger partial charge >= 0.3 is 0 Å². The van der Waals surface area contributed by atoms with Crippen LogP contribution in [-0.4, -0.2) is 0 Å². The Labute approximate surface area is 357 Å². The van der Waals surface area contributed by atoms with Crippen LogP contribution in [0.5, 0.6) is 0 Å². The van der Waals surface area contributed by atoms with Gasteiger partial charge in [0, 0.05) is 17.1 Å². The summed E-state index contributed by atoms with van der Waals surface area (Å²) in [7, 11) is 0. The van der Waals surface area contributed by atoms with Gasteiger partial charge in [0.2, 0.25) is 0 Å². The Morgan fingerprint density at radius 2 is 0.705 bits per heavy atom. The molecule has 1 nitrogen and oxygen atoms in total. The number of rotatable bonds is 7. The van der Waals surface area contributed by atoms with Crippen molar-refractivity contribution in [2.75, 3.05) is 4.90 Å². The summed E-state index contributed by atoms with van der Waals surface area (Å²) in [5, 5.41) is 2.51. The lowest BCUT2D eigenvalue weighted by molar-refractivity contribution is 0.626. The van der Waals surface area contributed by atoms with E-state index in [1.165, 1.54) is 77.5 Å². The molecule has 2 unspecified atom stereocenters. The second kappa shape index (κ2) is 13.9. The molecule has 286 valence electrons. The molecule has 12 rings (SSSR count). The summed E-state index contributed by atoms with van der Waals surface area (Å²) in [4.78, 5) is 2.37. The maximum atomic E-state index is 2.41. The number of anilines is 3. The van der Waals surface area contributed by atoms with E-state index in [0.29, 0.717) is 0 Å². The highest BCUT2D eigenvalue weighted by Crippen LogP contribution is 2.65. The zero-order valence-electron chi connectivity index (χ0n) is 33.6. The van der Waals surface area contributed by atoms with E-state index in [2.05, 4.69) is 254 Å². The minimum atomic E-state index is -0.597. The molecule has 0 aliphatic heterocycles. The smallest absolute Gasteiger partial charge is 0.0720 e. The first kappa shape index (κ1) is 35.2. The van der Waals surface area contributed by atoms with Crippen molar-refractivity contribution in [2.45, 2.75) is 10.8 Å². The Hall–Kier alpha value is -7.74. The van der Waals surface area contributed by atoms with Crippen LogP contribution in [0.3, 0.4) is 0 Å². The maximum Gasteiger partial charge on any atom is 0.0720 e. The van der Waals surface area contributed by atoms with Crippen molar-refractivity contribution in [3.05, 3.63) is 293 Å². The molecule has 0 N–H and O–H groups in total. The lowest BCUT2D eigenvalue weighted by atomic mass is 9.52. The third-order valence-electron chi connectivity index (χ3n) is 13.4. The van der Waals surface area contributed by atoms with Crippen molar-refractivity contribution >= 4 is 27.8 Å². The Morgan fingerprint density at radius 3 is 1.41 bits per heavy atom. The Bertz CT molecular complexity index is 3220. The molecular formula is C60H41N. The SMILES string of the molecule is c1ccc(N(c2ccc(-c3cccc4ccccc34)cc2)c2ccc(C3(c4ccccc4)c4ccccc4C4(c5ccccc5)c5ccccc5-c5cccc3c54)cc2)cc1. The van der Waals surface area contributed by atoms with E-state index < -0.39 is 10.8 Å². The average molecular weight is 776 g/mol. The molecule has 0 fully saturated rings. The van der Waals surface area contributed by atoms with Gasteiger partial charge in [-0.15, -0.1) is 0 Å². The van der Waals surface area contributed by atoms with E-state index in [1.807, 2.05) is 0 Å². The van der Waals surface area contributed by atoms with Gasteiger partial charge in [0.1, 0.15) is 0 Å². The molecule has 2 aliphatic carbocycles. The highest BCUT2D eigenvalue weighted by atomic mass is 15.1. The van der Waals surface area contributed by atoms with Gasteiger partial charge in [-0.3, -0.25) is 0 Å². The fraction of sp³-hybridized carbons (Fsp3) is 0.0333. The summed E-state index contributed by atoms with van der Waals surface area (Å²) in [6, 6.07) is 92.2. The number of hydrogen-bond acceptors (Lipinski definition) is 1. The normalized spacial score (nSPS) is 17.0. The standard InChI is InChI=1S/C60H41N/c1-4-20-44(21-5-1)59(55-31-14-15-32-56(55)60(45-22-6-2-7-23-45)54-30-13-12-27-52(54)53-29-17-33-57(59)58(53)60)46-36-40-49(41-37-46)61(47-24-8-3-9-25-47)48-38-34-43(35-39-48)51-28-16-19-42-18-10-11-26-50(42)51/h1-41H. The molecule has 0 radical (unpaired) electrons. The molecule has 61 heavy (non-hydrogen) atoms. The van der Waals surface area contributed by atoms with Crippen LogP contribution >= 0.6 is 0 Å². The zero-order chi connectivity index (χ0) is 40.4. The third-order valence-corrected chi connectivity index (χ3v) is 13.4. The Balaban J connectivity index is 1.07. The van der Waals surface area contributed by atoms with Gasteiger partial charge in [-0.25, -0.2) is 0 Å². The first-order valence-electron chi connectivity index (χ1n) is 21.3. The van der Waals surface area contributed by atoms with Crippen molar-refractivity contribution in [1.29, 1.82) is 0 Å². The number of nitrogens with zero attached hydrogens (tertiary/aromatic N) is 1. The van der Waals surface area contributed by atoms with Crippen molar-refractivity contribution in [3.63, 3.8) is 0 Å². The third kappa shape index (κ3) is 5.08. The van der Waals surface area contributed by atoms with Gasteiger partial charge in [-0.05, 0) is 114 Å². The van der Waals surface area contributed by atoms with Crippen LogP contribution in [0.15, 0.2) is 249 Å². The number of benzene rings is 10. The fourth-order valence-electron chi connectivity index (χ4n) is 11.0. The van der Waals surface area contributed by atoms with E-state index in [9.17, 15) is 0 Å². The first-order valence-corrected chi connectivity index (χ1v) is 21.3. The Morgan fingerprint density at radius 1 is 0.262 bits per heavy atom. The molecule has 0 heterocycles. The minimum Gasteiger partial charge on any atom is -0.311 e. The molecule has 10 aromatic rings.